The third-order valence-electron chi connectivity index (χ3n) is 1.87. The highest BCUT2D eigenvalue weighted by molar-refractivity contribution is 6.30. The largest absolute Gasteiger partial charge is 0.398 e. The van der Waals surface area contributed by atoms with Crippen LogP contribution in [0.5, 0.6) is 0 Å². The number of rotatable bonds is 3. The molecule has 0 saturated carbocycles. The monoisotopic (exact) mass is 238 g/mol. The lowest BCUT2D eigenvalue weighted by atomic mass is 10.0. The maximum atomic E-state index is 12.0. The molecule has 1 rings (SSSR count). The fourth-order valence-electron chi connectivity index (χ4n) is 1.14. The van der Waals surface area contributed by atoms with Crippen molar-refractivity contribution in [3.05, 3.63) is 28.8 Å². The smallest absolute Gasteiger partial charge is 0.0912 e. The number of benzene rings is 1. The molecule has 0 aliphatic carbocycles. The molecule has 0 fully saturated rings. The zero-order chi connectivity index (χ0) is 9.84. The molecule has 0 aliphatic rings. The molecule has 1 atom stereocenters. The molecule has 0 aromatic heterocycles. The lowest BCUT2D eigenvalue weighted by Gasteiger charge is -2.12. The average Bonchev–Trinajstić information content (AvgIpc) is 2.09. The summed E-state index contributed by atoms with van der Waals surface area (Å²) in [7, 11) is 0. The van der Waals surface area contributed by atoms with Gasteiger partial charge in [0.1, 0.15) is 0 Å². The third kappa shape index (κ3) is 3.33. The summed E-state index contributed by atoms with van der Waals surface area (Å²) in [5.74, 6) is 0. The molecule has 0 bridgehead atoms. The molecule has 14 heavy (non-hydrogen) atoms. The maximum Gasteiger partial charge on any atom is 0.0912 e. The summed E-state index contributed by atoms with van der Waals surface area (Å²) in [5.41, 5.74) is 12.6. The van der Waals surface area contributed by atoms with Gasteiger partial charge in [0.2, 0.25) is 0 Å². The first kappa shape index (κ1) is 13.5. The van der Waals surface area contributed by atoms with Gasteiger partial charge in [0, 0.05) is 16.8 Å². The van der Waals surface area contributed by atoms with E-state index < -0.39 is 6.67 Å². The van der Waals surface area contributed by atoms with E-state index in [0.29, 0.717) is 16.3 Å². The number of nitrogens with two attached hydrogens (primary N) is 2. The number of alkyl halides is 1. The zero-order valence-corrected chi connectivity index (χ0v) is 9.11. The summed E-state index contributed by atoms with van der Waals surface area (Å²) in [6.07, 6.45) is 0.268. The Hall–Kier alpha value is -0.510. The Labute approximate surface area is 93.8 Å². The van der Waals surface area contributed by atoms with Crippen molar-refractivity contribution in [3.63, 3.8) is 0 Å². The van der Waals surface area contributed by atoms with Crippen LogP contribution in [0.3, 0.4) is 0 Å². The fraction of sp³-hybridized carbons (Fsp3) is 0.333. The number of nitrogen functional groups attached to an aromatic ring is 1. The Morgan fingerprint density at radius 3 is 2.64 bits per heavy atom. The van der Waals surface area contributed by atoms with Gasteiger partial charge in [0.25, 0.3) is 0 Å². The van der Waals surface area contributed by atoms with Gasteiger partial charge in [-0.3, -0.25) is 4.39 Å². The van der Waals surface area contributed by atoms with Crippen LogP contribution >= 0.6 is 24.0 Å². The summed E-state index contributed by atoms with van der Waals surface area (Å²) in [4.78, 5) is 0. The minimum absolute atomic E-state index is 0. The van der Waals surface area contributed by atoms with E-state index in [-0.39, 0.29) is 24.9 Å². The molecule has 0 spiro atoms. The van der Waals surface area contributed by atoms with E-state index >= 15 is 0 Å². The Balaban J connectivity index is 0.00000169. The Kier molecular flexibility index (Phi) is 5.84. The van der Waals surface area contributed by atoms with Crippen LogP contribution in [0, 0.1) is 0 Å². The van der Waals surface area contributed by atoms with E-state index in [4.69, 9.17) is 23.1 Å². The first-order valence-electron chi connectivity index (χ1n) is 4.01. The Bertz CT molecular complexity index is 294. The second kappa shape index (κ2) is 6.06. The highest BCUT2D eigenvalue weighted by atomic mass is 35.5. The summed E-state index contributed by atoms with van der Waals surface area (Å²) in [6, 6.07) is 4.67. The van der Waals surface area contributed by atoms with Gasteiger partial charge in [0.05, 0.1) is 6.67 Å². The van der Waals surface area contributed by atoms with Crippen LogP contribution in [0.2, 0.25) is 5.02 Å². The van der Waals surface area contributed by atoms with E-state index in [1.807, 2.05) is 0 Å². The van der Waals surface area contributed by atoms with Crippen LogP contribution in [0.15, 0.2) is 18.2 Å². The number of halogens is 3. The van der Waals surface area contributed by atoms with Gasteiger partial charge >= 0.3 is 0 Å². The molecule has 0 saturated heterocycles. The molecule has 80 valence electrons. The van der Waals surface area contributed by atoms with Gasteiger partial charge in [-0.15, -0.1) is 12.4 Å². The van der Waals surface area contributed by atoms with E-state index in [9.17, 15) is 4.39 Å². The second-order valence-electron chi connectivity index (χ2n) is 2.86. The normalized spacial score (nSPS) is 11.9. The molecule has 2 nitrogen and oxygen atoms in total. The quantitative estimate of drug-likeness (QED) is 0.796. The maximum absolute atomic E-state index is 12.0. The predicted molar refractivity (Wildman–Crippen MR) is 60.6 cm³/mol. The van der Waals surface area contributed by atoms with Crippen LogP contribution in [0.25, 0.3) is 0 Å². The third-order valence-corrected chi connectivity index (χ3v) is 2.10. The summed E-state index contributed by atoms with van der Waals surface area (Å²) in [6.45, 7) is -0.451. The summed E-state index contributed by atoms with van der Waals surface area (Å²) >= 11 is 5.76. The highest BCUT2D eigenvalue weighted by Gasteiger charge is 2.09. The summed E-state index contributed by atoms with van der Waals surface area (Å²) < 4.78 is 12.0. The van der Waals surface area contributed by atoms with Gasteiger partial charge in [-0.1, -0.05) is 11.6 Å². The number of anilines is 1. The molecular weight excluding hydrogens is 226 g/mol. The van der Waals surface area contributed by atoms with Crippen molar-refractivity contribution in [3.8, 4) is 0 Å². The van der Waals surface area contributed by atoms with E-state index in [1.165, 1.54) is 0 Å². The van der Waals surface area contributed by atoms with Crippen LogP contribution in [-0.2, 0) is 0 Å². The standard InChI is InChI=1S/C9H12ClFN2.ClH/c10-6-1-2-8(12)7(5-6)9(13)3-4-11;/h1-2,5,9H,3-4,12-13H2;1H/t9-;/m1./s1. The van der Waals surface area contributed by atoms with E-state index in [2.05, 4.69) is 0 Å². The van der Waals surface area contributed by atoms with Gasteiger partial charge < -0.3 is 11.5 Å². The van der Waals surface area contributed by atoms with Crippen LogP contribution in [0.4, 0.5) is 10.1 Å². The van der Waals surface area contributed by atoms with Crippen molar-refractivity contribution in [2.24, 2.45) is 5.73 Å². The van der Waals surface area contributed by atoms with Crippen molar-refractivity contribution in [2.45, 2.75) is 12.5 Å². The van der Waals surface area contributed by atoms with Gasteiger partial charge in [-0.25, -0.2) is 0 Å². The van der Waals surface area contributed by atoms with Crippen molar-refractivity contribution in [2.75, 3.05) is 12.4 Å². The lowest BCUT2D eigenvalue weighted by Crippen LogP contribution is -2.13. The van der Waals surface area contributed by atoms with Crippen LogP contribution in [-0.4, -0.2) is 6.67 Å². The molecule has 0 amide bonds. The molecule has 1 aromatic rings. The molecule has 0 unspecified atom stereocenters. The molecule has 5 heteroatoms. The van der Waals surface area contributed by atoms with E-state index in [1.54, 1.807) is 18.2 Å². The molecule has 0 aliphatic heterocycles. The molecule has 0 radical (unpaired) electrons. The number of hydrogen-bond donors (Lipinski definition) is 2. The molecular formula is C9H13Cl2FN2. The van der Waals surface area contributed by atoms with Crippen molar-refractivity contribution in [1.82, 2.24) is 0 Å². The minimum atomic E-state index is -0.451. The average molecular weight is 239 g/mol. The van der Waals surface area contributed by atoms with Crippen molar-refractivity contribution < 1.29 is 4.39 Å². The number of hydrogen-bond acceptors (Lipinski definition) is 2. The zero-order valence-electron chi connectivity index (χ0n) is 7.54. The van der Waals surface area contributed by atoms with Gasteiger partial charge in [0.15, 0.2) is 0 Å². The first-order chi connectivity index (χ1) is 6.15. The van der Waals surface area contributed by atoms with Crippen LogP contribution < -0.4 is 11.5 Å². The lowest BCUT2D eigenvalue weighted by molar-refractivity contribution is 0.442. The minimum Gasteiger partial charge on any atom is -0.398 e. The van der Waals surface area contributed by atoms with Gasteiger partial charge in [-0.05, 0) is 30.2 Å². The SMILES string of the molecule is Cl.Nc1ccc(Cl)cc1[C@H](N)CCF. The van der Waals surface area contributed by atoms with E-state index in [0.717, 1.165) is 0 Å². The molecule has 0 heterocycles. The van der Waals surface area contributed by atoms with Gasteiger partial charge in [-0.2, -0.15) is 0 Å². The second-order valence-corrected chi connectivity index (χ2v) is 3.29. The first-order valence-corrected chi connectivity index (χ1v) is 4.39. The van der Waals surface area contributed by atoms with Crippen molar-refractivity contribution >= 4 is 29.7 Å². The topological polar surface area (TPSA) is 52.0 Å². The highest BCUT2D eigenvalue weighted by Crippen LogP contribution is 2.24. The molecule has 1 aromatic carbocycles. The molecule has 4 N–H and O–H groups in total. The Morgan fingerprint density at radius 1 is 1.43 bits per heavy atom. The van der Waals surface area contributed by atoms with Crippen molar-refractivity contribution in [1.29, 1.82) is 0 Å². The Morgan fingerprint density at radius 2 is 2.07 bits per heavy atom. The summed E-state index contributed by atoms with van der Waals surface area (Å²) in [5, 5.41) is 0.568. The fourth-order valence-corrected chi connectivity index (χ4v) is 1.32. The predicted octanol–water partition coefficient (Wildman–Crippen LogP) is 2.70. The van der Waals surface area contributed by atoms with Crippen LogP contribution in [0.1, 0.15) is 18.0 Å².